The van der Waals surface area contributed by atoms with E-state index in [0.29, 0.717) is 78.2 Å². The Morgan fingerprint density at radius 1 is 0.800 bits per heavy atom. The van der Waals surface area contributed by atoms with Crippen LogP contribution < -0.4 is 0 Å². The van der Waals surface area contributed by atoms with E-state index in [1.807, 2.05) is 12.2 Å². The average molecular weight is 422 g/mol. The molecule has 0 aliphatic carbocycles. The van der Waals surface area contributed by atoms with Crippen molar-refractivity contribution in [2.24, 2.45) is 0 Å². The van der Waals surface area contributed by atoms with Crippen LogP contribution in [0.15, 0.2) is 35.5 Å². The van der Waals surface area contributed by atoms with E-state index in [4.69, 9.17) is 28.4 Å². The molecule has 0 saturated heterocycles. The third-order valence-electron chi connectivity index (χ3n) is 4.51. The van der Waals surface area contributed by atoms with Crippen molar-refractivity contribution < 1.29 is 28.4 Å². The lowest BCUT2D eigenvalue weighted by molar-refractivity contribution is 0.00311. The van der Waals surface area contributed by atoms with Gasteiger partial charge in [-0.25, -0.2) is 0 Å². The molecular weight excluding hydrogens is 386 g/mol. The Kier molecular flexibility index (Phi) is 12.8. The summed E-state index contributed by atoms with van der Waals surface area (Å²) in [5.41, 5.74) is 0.767. The average Bonchev–Trinajstić information content (AvgIpc) is 2.77. The highest BCUT2D eigenvalue weighted by Crippen LogP contribution is 2.19. The Morgan fingerprint density at radius 3 is 2.20 bits per heavy atom. The van der Waals surface area contributed by atoms with Crippen LogP contribution >= 0.6 is 0 Å². The zero-order valence-corrected chi connectivity index (χ0v) is 18.3. The highest BCUT2D eigenvalue weighted by Gasteiger charge is 2.13. The van der Waals surface area contributed by atoms with Crippen LogP contribution in [-0.2, 0) is 28.4 Å². The van der Waals surface area contributed by atoms with Gasteiger partial charge in [0.15, 0.2) is 5.76 Å². The second kappa shape index (κ2) is 15.8. The van der Waals surface area contributed by atoms with Crippen molar-refractivity contribution >= 4 is 0 Å². The molecule has 0 N–H and O–H groups in total. The Hall–Kier alpha value is -1.98. The molecule has 0 fully saturated rings. The lowest BCUT2D eigenvalue weighted by atomic mass is 10.2. The number of hydrogen-bond donors (Lipinski definition) is 0. The number of hydrogen-bond acceptors (Lipinski definition) is 7. The Labute approximate surface area is 180 Å². The van der Waals surface area contributed by atoms with Crippen LogP contribution in [0.25, 0.3) is 0 Å². The molecule has 2 rings (SSSR count). The number of ether oxygens (including phenoxy) is 6. The fourth-order valence-electron chi connectivity index (χ4n) is 2.74. The molecule has 0 aromatic carbocycles. The normalized spacial score (nSPS) is 22.6. The highest BCUT2D eigenvalue weighted by molar-refractivity contribution is 5.39. The fourth-order valence-corrected chi connectivity index (χ4v) is 2.74. The first-order valence-corrected chi connectivity index (χ1v) is 10.8. The summed E-state index contributed by atoms with van der Waals surface area (Å²) in [5.74, 6) is 7.91. The summed E-state index contributed by atoms with van der Waals surface area (Å²) < 4.78 is 33.8. The fraction of sp³-hybridized carbons (Fsp3) is 0.652. The van der Waals surface area contributed by atoms with Crippen LogP contribution in [0.1, 0.15) is 20.3 Å². The van der Waals surface area contributed by atoms with E-state index in [-0.39, 0.29) is 0 Å². The van der Waals surface area contributed by atoms with Crippen molar-refractivity contribution in [3.8, 4) is 11.8 Å². The van der Waals surface area contributed by atoms with Crippen LogP contribution in [-0.4, -0.2) is 84.0 Å². The van der Waals surface area contributed by atoms with Crippen molar-refractivity contribution in [1.29, 1.82) is 0 Å². The summed E-state index contributed by atoms with van der Waals surface area (Å²) in [7, 11) is 0. The van der Waals surface area contributed by atoms with Crippen LogP contribution in [0, 0.1) is 11.8 Å². The van der Waals surface area contributed by atoms with Crippen molar-refractivity contribution in [3.05, 3.63) is 35.5 Å². The van der Waals surface area contributed by atoms with E-state index >= 15 is 0 Å². The van der Waals surface area contributed by atoms with Gasteiger partial charge in [0, 0.05) is 6.42 Å². The second-order valence-corrected chi connectivity index (χ2v) is 6.61. The first-order chi connectivity index (χ1) is 14.8. The quantitative estimate of drug-likeness (QED) is 0.649. The van der Waals surface area contributed by atoms with Gasteiger partial charge in [-0.15, -0.1) is 0 Å². The molecule has 0 atom stereocenters. The van der Waals surface area contributed by atoms with Gasteiger partial charge in [0.2, 0.25) is 0 Å². The Balaban J connectivity index is 2.10. The molecule has 0 bridgehead atoms. The zero-order chi connectivity index (χ0) is 21.3. The topological polar surface area (TPSA) is 58.6 Å². The maximum absolute atomic E-state index is 5.79. The molecule has 0 radical (unpaired) electrons. The standard InChI is InChI=1S/C23H35NO6/c1-3-24(4-2)10-5-6-21-7-8-22-23(30-19-18-29-22)9-11-25-12-13-26-14-15-27-16-17-28-20-21/h7-8,20H,3-4,9-19H2,1-2H3/b8-7-,21-20-. The SMILES string of the molecule is CCN(CC)CC#CC1=C/OCCOCCOCCOCCC2=C(/C=C\1)OCCO2. The van der Waals surface area contributed by atoms with Gasteiger partial charge in [-0.3, -0.25) is 4.90 Å². The molecule has 0 spiro atoms. The molecule has 0 saturated carbocycles. The van der Waals surface area contributed by atoms with Crippen molar-refractivity contribution in [2.75, 3.05) is 79.1 Å². The van der Waals surface area contributed by atoms with Crippen LogP contribution in [0.2, 0.25) is 0 Å². The molecule has 2 aliphatic heterocycles. The smallest absolute Gasteiger partial charge is 0.157 e. The molecule has 0 unspecified atom stereocenters. The maximum atomic E-state index is 5.79. The van der Waals surface area contributed by atoms with Crippen LogP contribution in [0.4, 0.5) is 0 Å². The predicted octanol–water partition coefficient (Wildman–Crippen LogP) is 2.50. The zero-order valence-electron chi connectivity index (χ0n) is 18.3. The summed E-state index contributed by atoms with van der Waals surface area (Å²) in [6.45, 7) is 11.6. The molecule has 7 nitrogen and oxygen atoms in total. The minimum absolute atomic E-state index is 0.450. The number of nitrogens with zero attached hydrogens (tertiary/aromatic N) is 1. The van der Waals surface area contributed by atoms with Gasteiger partial charge in [-0.2, -0.15) is 0 Å². The molecule has 168 valence electrons. The molecule has 2 aliphatic rings. The lowest BCUT2D eigenvalue weighted by Gasteiger charge is -2.20. The largest absolute Gasteiger partial charge is 0.497 e. The van der Waals surface area contributed by atoms with Crippen molar-refractivity contribution in [1.82, 2.24) is 4.90 Å². The van der Waals surface area contributed by atoms with Gasteiger partial charge in [0.05, 0.1) is 58.0 Å². The monoisotopic (exact) mass is 421 g/mol. The molecular formula is C23H35NO6. The Bertz CT molecular complexity index is 627. The van der Waals surface area contributed by atoms with E-state index < -0.39 is 0 Å². The van der Waals surface area contributed by atoms with Crippen molar-refractivity contribution in [3.63, 3.8) is 0 Å². The minimum Gasteiger partial charge on any atom is -0.497 e. The van der Waals surface area contributed by atoms with E-state index in [1.165, 1.54) is 0 Å². The summed E-state index contributed by atoms with van der Waals surface area (Å²) in [5, 5.41) is 0. The molecule has 7 heteroatoms. The van der Waals surface area contributed by atoms with Crippen LogP contribution in [0.3, 0.4) is 0 Å². The summed E-state index contributed by atoms with van der Waals surface area (Å²) in [4.78, 5) is 2.26. The third kappa shape index (κ3) is 10.2. The van der Waals surface area contributed by atoms with Gasteiger partial charge in [0.1, 0.15) is 25.6 Å². The summed E-state index contributed by atoms with van der Waals surface area (Å²) in [6, 6.07) is 0. The van der Waals surface area contributed by atoms with Gasteiger partial charge in [-0.1, -0.05) is 25.7 Å². The second-order valence-electron chi connectivity index (χ2n) is 6.61. The highest BCUT2D eigenvalue weighted by atomic mass is 16.6. The van der Waals surface area contributed by atoms with E-state index in [0.717, 1.165) is 24.4 Å². The molecule has 2 heterocycles. The van der Waals surface area contributed by atoms with E-state index in [1.54, 1.807) is 6.26 Å². The van der Waals surface area contributed by atoms with E-state index in [9.17, 15) is 0 Å². The molecule has 30 heavy (non-hydrogen) atoms. The van der Waals surface area contributed by atoms with Gasteiger partial charge >= 0.3 is 0 Å². The predicted molar refractivity (Wildman–Crippen MR) is 115 cm³/mol. The number of allylic oxidation sites excluding steroid dienone is 3. The first kappa shape index (κ1) is 24.3. The van der Waals surface area contributed by atoms with Gasteiger partial charge in [-0.05, 0) is 25.2 Å². The molecule has 0 amide bonds. The first-order valence-electron chi connectivity index (χ1n) is 10.8. The Morgan fingerprint density at radius 2 is 1.47 bits per heavy atom. The summed E-state index contributed by atoms with van der Waals surface area (Å²) >= 11 is 0. The molecule has 0 aromatic rings. The number of rotatable bonds is 3. The van der Waals surface area contributed by atoms with Crippen molar-refractivity contribution in [2.45, 2.75) is 20.3 Å². The van der Waals surface area contributed by atoms with Crippen LogP contribution in [0.5, 0.6) is 0 Å². The maximum Gasteiger partial charge on any atom is 0.157 e. The molecule has 0 aromatic heterocycles. The minimum atomic E-state index is 0.450. The van der Waals surface area contributed by atoms with E-state index in [2.05, 4.69) is 30.6 Å². The lowest BCUT2D eigenvalue weighted by Crippen LogP contribution is -2.22. The summed E-state index contributed by atoms with van der Waals surface area (Å²) in [6.07, 6.45) is 6.10. The third-order valence-corrected chi connectivity index (χ3v) is 4.51. The van der Waals surface area contributed by atoms with Gasteiger partial charge < -0.3 is 28.4 Å². The van der Waals surface area contributed by atoms with Gasteiger partial charge in [0.25, 0.3) is 0 Å².